The predicted molar refractivity (Wildman–Crippen MR) is 120 cm³/mol. The summed E-state index contributed by atoms with van der Waals surface area (Å²) in [6.07, 6.45) is 1.88. The van der Waals surface area contributed by atoms with Crippen LogP contribution >= 0.6 is 0 Å². The molecule has 170 valence electrons. The van der Waals surface area contributed by atoms with E-state index in [4.69, 9.17) is 9.47 Å². The SMILES string of the molecule is COc1ccc(CNC(=O)NCCNC(=O)c2ccc(NC(=O)C3CC3)cc2)cc1OC. The van der Waals surface area contributed by atoms with Gasteiger partial charge in [0.15, 0.2) is 11.5 Å². The van der Waals surface area contributed by atoms with Crippen molar-refractivity contribution in [3.05, 3.63) is 53.6 Å². The zero-order chi connectivity index (χ0) is 22.9. The summed E-state index contributed by atoms with van der Waals surface area (Å²) < 4.78 is 10.4. The van der Waals surface area contributed by atoms with Crippen LogP contribution in [-0.4, -0.2) is 45.2 Å². The molecule has 9 heteroatoms. The van der Waals surface area contributed by atoms with Gasteiger partial charge in [-0.3, -0.25) is 9.59 Å². The van der Waals surface area contributed by atoms with Gasteiger partial charge in [0.1, 0.15) is 0 Å². The van der Waals surface area contributed by atoms with Crippen LogP contribution in [0.2, 0.25) is 0 Å². The molecule has 9 nitrogen and oxygen atoms in total. The summed E-state index contributed by atoms with van der Waals surface area (Å²) in [6.45, 7) is 0.879. The van der Waals surface area contributed by atoms with Crippen molar-refractivity contribution in [1.29, 1.82) is 0 Å². The lowest BCUT2D eigenvalue weighted by atomic mass is 10.2. The first-order chi connectivity index (χ1) is 15.5. The fourth-order valence-corrected chi connectivity index (χ4v) is 2.98. The third kappa shape index (κ3) is 6.63. The zero-order valence-electron chi connectivity index (χ0n) is 18.2. The Balaban J connectivity index is 1.34. The Bertz CT molecular complexity index is 957. The lowest BCUT2D eigenvalue weighted by Crippen LogP contribution is -2.40. The largest absolute Gasteiger partial charge is 0.493 e. The summed E-state index contributed by atoms with van der Waals surface area (Å²) in [5, 5.41) is 11.0. The number of urea groups is 1. The van der Waals surface area contributed by atoms with Crippen LogP contribution in [0, 0.1) is 5.92 Å². The second-order valence-electron chi connectivity index (χ2n) is 7.40. The highest BCUT2D eigenvalue weighted by Crippen LogP contribution is 2.30. The van der Waals surface area contributed by atoms with Gasteiger partial charge >= 0.3 is 6.03 Å². The predicted octanol–water partition coefficient (Wildman–Crippen LogP) is 2.28. The highest BCUT2D eigenvalue weighted by molar-refractivity contribution is 5.96. The minimum absolute atomic E-state index is 0.0256. The Hall–Kier alpha value is -3.75. The zero-order valence-corrected chi connectivity index (χ0v) is 18.2. The lowest BCUT2D eigenvalue weighted by molar-refractivity contribution is -0.117. The first-order valence-corrected chi connectivity index (χ1v) is 10.4. The van der Waals surface area contributed by atoms with Crippen LogP contribution < -0.4 is 30.7 Å². The first-order valence-electron chi connectivity index (χ1n) is 10.4. The van der Waals surface area contributed by atoms with Crippen LogP contribution in [0.15, 0.2) is 42.5 Å². The standard InChI is InChI=1S/C23H28N4O5/c1-31-19-10-3-15(13-20(19)32-2)14-26-23(30)25-12-11-24-21(28)16-6-8-18(9-7-16)27-22(29)17-4-5-17/h3,6-10,13,17H,4-5,11-12,14H2,1-2H3,(H,24,28)(H,27,29)(H2,25,26,30). The van der Waals surface area contributed by atoms with Gasteiger partial charge in [0.25, 0.3) is 5.91 Å². The Morgan fingerprint density at radius 1 is 0.875 bits per heavy atom. The molecule has 4 amide bonds. The van der Waals surface area contributed by atoms with Gasteiger partial charge in [-0.05, 0) is 54.8 Å². The molecule has 32 heavy (non-hydrogen) atoms. The Morgan fingerprint density at radius 3 is 2.22 bits per heavy atom. The topological polar surface area (TPSA) is 118 Å². The van der Waals surface area contributed by atoms with E-state index in [0.717, 1.165) is 18.4 Å². The fraction of sp³-hybridized carbons (Fsp3) is 0.348. The van der Waals surface area contributed by atoms with Crippen LogP contribution in [0.1, 0.15) is 28.8 Å². The summed E-state index contributed by atoms with van der Waals surface area (Å²) in [6, 6.07) is 11.8. The molecule has 2 aromatic carbocycles. The van der Waals surface area contributed by atoms with Crippen LogP contribution in [0.4, 0.5) is 10.5 Å². The van der Waals surface area contributed by atoms with E-state index in [9.17, 15) is 14.4 Å². The third-order valence-corrected chi connectivity index (χ3v) is 4.96. The first kappa shape index (κ1) is 22.9. The minimum Gasteiger partial charge on any atom is -0.493 e. The van der Waals surface area contributed by atoms with Crippen molar-refractivity contribution in [1.82, 2.24) is 16.0 Å². The van der Waals surface area contributed by atoms with Gasteiger partial charge < -0.3 is 30.7 Å². The van der Waals surface area contributed by atoms with Gasteiger partial charge in [-0.1, -0.05) is 6.07 Å². The fourth-order valence-electron chi connectivity index (χ4n) is 2.98. The number of rotatable bonds is 10. The molecule has 0 spiro atoms. The number of methoxy groups -OCH3 is 2. The molecule has 0 aromatic heterocycles. The molecule has 2 aromatic rings. The summed E-state index contributed by atoms with van der Waals surface area (Å²) in [5.74, 6) is 1.11. The van der Waals surface area contributed by atoms with Gasteiger partial charge in [-0.15, -0.1) is 0 Å². The van der Waals surface area contributed by atoms with Crippen molar-refractivity contribution >= 4 is 23.5 Å². The maximum Gasteiger partial charge on any atom is 0.315 e. The highest BCUT2D eigenvalue weighted by Gasteiger charge is 2.29. The van der Waals surface area contributed by atoms with Crippen LogP contribution in [0.5, 0.6) is 11.5 Å². The number of benzene rings is 2. The maximum absolute atomic E-state index is 12.2. The molecule has 1 saturated carbocycles. The number of nitrogens with one attached hydrogen (secondary N) is 4. The summed E-state index contributed by atoms with van der Waals surface area (Å²) in [5.41, 5.74) is 2.02. The van der Waals surface area contributed by atoms with Crippen LogP contribution in [-0.2, 0) is 11.3 Å². The average Bonchev–Trinajstić information content (AvgIpc) is 3.66. The number of anilines is 1. The Kier molecular flexibility index (Phi) is 7.91. The van der Waals surface area contributed by atoms with Crippen LogP contribution in [0.3, 0.4) is 0 Å². The number of ether oxygens (including phenoxy) is 2. The average molecular weight is 441 g/mol. The van der Waals surface area contributed by atoms with E-state index < -0.39 is 0 Å². The molecule has 0 bridgehead atoms. The molecule has 0 atom stereocenters. The lowest BCUT2D eigenvalue weighted by Gasteiger charge is -2.11. The molecule has 0 radical (unpaired) electrons. The van der Waals surface area contributed by atoms with Crippen LogP contribution in [0.25, 0.3) is 0 Å². The molecule has 1 aliphatic carbocycles. The van der Waals surface area contributed by atoms with Crippen molar-refractivity contribution in [2.75, 3.05) is 32.6 Å². The Labute approximate surface area is 186 Å². The van der Waals surface area contributed by atoms with E-state index in [-0.39, 0.29) is 36.9 Å². The molecule has 0 saturated heterocycles. The normalized spacial score (nSPS) is 12.4. The summed E-state index contributed by atoms with van der Waals surface area (Å²) in [4.78, 5) is 35.9. The summed E-state index contributed by atoms with van der Waals surface area (Å²) in [7, 11) is 3.11. The van der Waals surface area contributed by atoms with E-state index in [2.05, 4.69) is 21.3 Å². The molecule has 1 fully saturated rings. The molecular formula is C23H28N4O5. The van der Waals surface area contributed by atoms with Gasteiger partial charge in [0.05, 0.1) is 14.2 Å². The minimum atomic E-state index is -0.343. The highest BCUT2D eigenvalue weighted by atomic mass is 16.5. The van der Waals surface area contributed by atoms with Crippen molar-refractivity contribution in [3.8, 4) is 11.5 Å². The third-order valence-electron chi connectivity index (χ3n) is 4.96. The Morgan fingerprint density at radius 2 is 1.56 bits per heavy atom. The molecule has 3 rings (SSSR count). The second kappa shape index (κ2) is 11.0. The molecular weight excluding hydrogens is 412 g/mol. The van der Waals surface area contributed by atoms with Gasteiger partial charge in [-0.2, -0.15) is 0 Å². The van der Waals surface area contributed by atoms with Crippen molar-refractivity contribution in [2.45, 2.75) is 19.4 Å². The quantitative estimate of drug-likeness (QED) is 0.423. The maximum atomic E-state index is 12.2. The van der Waals surface area contributed by atoms with E-state index in [0.29, 0.717) is 29.3 Å². The van der Waals surface area contributed by atoms with E-state index in [1.165, 1.54) is 0 Å². The van der Waals surface area contributed by atoms with E-state index in [1.54, 1.807) is 50.6 Å². The van der Waals surface area contributed by atoms with Gasteiger partial charge in [0, 0.05) is 36.8 Å². The molecule has 0 unspecified atom stereocenters. The van der Waals surface area contributed by atoms with Gasteiger partial charge in [0.2, 0.25) is 5.91 Å². The van der Waals surface area contributed by atoms with Crippen molar-refractivity contribution < 1.29 is 23.9 Å². The smallest absolute Gasteiger partial charge is 0.315 e. The van der Waals surface area contributed by atoms with E-state index in [1.807, 2.05) is 6.07 Å². The number of hydrogen-bond donors (Lipinski definition) is 4. The second-order valence-corrected chi connectivity index (χ2v) is 7.40. The number of carbonyl (C=O) groups excluding carboxylic acids is 3. The molecule has 1 aliphatic rings. The summed E-state index contributed by atoms with van der Waals surface area (Å²) >= 11 is 0. The van der Waals surface area contributed by atoms with E-state index >= 15 is 0 Å². The van der Waals surface area contributed by atoms with Gasteiger partial charge in [-0.25, -0.2) is 4.79 Å². The molecule has 0 aliphatic heterocycles. The molecule has 0 heterocycles. The number of hydrogen-bond acceptors (Lipinski definition) is 5. The number of carbonyl (C=O) groups is 3. The van der Waals surface area contributed by atoms with Crippen molar-refractivity contribution in [2.24, 2.45) is 5.92 Å². The molecule has 4 N–H and O–H groups in total. The monoisotopic (exact) mass is 440 g/mol. The number of amides is 4. The van der Waals surface area contributed by atoms with Crippen molar-refractivity contribution in [3.63, 3.8) is 0 Å².